The van der Waals surface area contributed by atoms with Gasteiger partial charge in [0.05, 0.1) is 23.9 Å². The van der Waals surface area contributed by atoms with Crippen molar-refractivity contribution in [3.8, 4) is 6.07 Å². The van der Waals surface area contributed by atoms with Gasteiger partial charge in [-0.2, -0.15) is 5.26 Å². The van der Waals surface area contributed by atoms with Crippen LogP contribution in [0.2, 0.25) is 0 Å². The Kier molecular flexibility index (Phi) is 5.63. The summed E-state index contributed by atoms with van der Waals surface area (Å²) < 4.78 is 0.791. The fraction of sp³-hybridized carbons (Fsp3) is 0.263. The molecule has 5 heteroatoms. The van der Waals surface area contributed by atoms with Crippen LogP contribution < -0.4 is 10.2 Å². The van der Waals surface area contributed by atoms with Crippen molar-refractivity contribution in [1.82, 2.24) is 0 Å². The highest BCUT2D eigenvalue weighted by atomic mass is 79.9. The lowest BCUT2D eigenvalue weighted by molar-refractivity contribution is -0.114. The monoisotopic (exact) mass is 385 g/mol. The summed E-state index contributed by atoms with van der Waals surface area (Å²) in [5.74, 6) is -0.0798. The molecule has 0 atom stereocenters. The summed E-state index contributed by atoms with van der Waals surface area (Å²) in [6.07, 6.45) is 0. The number of halogens is 1. The number of nitrogens with one attached hydrogen (secondary N) is 1. The number of amides is 1. The predicted molar refractivity (Wildman–Crippen MR) is 101 cm³/mol. The van der Waals surface area contributed by atoms with E-state index in [2.05, 4.69) is 39.4 Å². The molecule has 0 aromatic heterocycles. The molecule has 0 fully saturated rings. The quantitative estimate of drug-likeness (QED) is 0.852. The van der Waals surface area contributed by atoms with Gasteiger partial charge in [0.25, 0.3) is 0 Å². The summed E-state index contributed by atoms with van der Waals surface area (Å²) in [6.45, 7) is 6.26. The highest BCUT2D eigenvalue weighted by Gasteiger charge is 2.13. The van der Waals surface area contributed by atoms with Gasteiger partial charge in [0, 0.05) is 17.2 Å². The van der Waals surface area contributed by atoms with E-state index >= 15 is 0 Å². The summed E-state index contributed by atoms with van der Waals surface area (Å²) in [5.41, 5.74) is 5.61. The number of nitrogens with zero attached hydrogens (tertiary/aromatic N) is 2. The summed E-state index contributed by atoms with van der Waals surface area (Å²) >= 11 is 3.45. The van der Waals surface area contributed by atoms with Crippen molar-refractivity contribution in [3.05, 3.63) is 57.1 Å². The first-order valence-corrected chi connectivity index (χ1v) is 8.39. The highest BCUT2D eigenvalue weighted by Crippen LogP contribution is 2.27. The zero-order valence-electron chi connectivity index (χ0n) is 14.3. The molecule has 2 rings (SSSR count). The van der Waals surface area contributed by atoms with Gasteiger partial charge in [-0.15, -0.1) is 0 Å². The van der Waals surface area contributed by atoms with Crippen LogP contribution in [-0.2, 0) is 4.79 Å². The topological polar surface area (TPSA) is 56.1 Å². The van der Waals surface area contributed by atoms with Gasteiger partial charge in [-0.3, -0.25) is 4.79 Å². The first kappa shape index (κ1) is 18.0. The smallest absolute Gasteiger partial charge is 0.243 e. The molecule has 0 saturated heterocycles. The molecule has 1 amide bonds. The first-order chi connectivity index (χ1) is 11.3. The van der Waals surface area contributed by atoms with Crippen molar-refractivity contribution in [2.45, 2.75) is 20.8 Å². The van der Waals surface area contributed by atoms with Crippen LogP contribution in [0, 0.1) is 32.1 Å². The lowest BCUT2D eigenvalue weighted by Crippen LogP contribution is -2.30. The Balaban J connectivity index is 2.12. The van der Waals surface area contributed by atoms with Crippen LogP contribution in [0.1, 0.15) is 22.3 Å². The van der Waals surface area contributed by atoms with Crippen LogP contribution in [0.15, 0.2) is 34.8 Å². The van der Waals surface area contributed by atoms with Gasteiger partial charge in [0.15, 0.2) is 0 Å². The van der Waals surface area contributed by atoms with Gasteiger partial charge in [0.2, 0.25) is 5.91 Å². The minimum atomic E-state index is -0.0798. The van der Waals surface area contributed by atoms with Gasteiger partial charge in [0.1, 0.15) is 0 Å². The number of anilines is 2. The Morgan fingerprint density at radius 3 is 2.38 bits per heavy atom. The third kappa shape index (κ3) is 4.15. The first-order valence-electron chi connectivity index (χ1n) is 7.60. The number of rotatable bonds is 4. The normalized spacial score (nSPS) is 10.2. The number of hydrogen-bond acceptors (Lipinski definition) is 3. The third-order valence-corrected chi connectivity index (χ3v) is 4.45. The fourth-order valence-electron chi connectivity index (χ4n) is 2.74. The standard InChI is InChI=1S/C19H20BrN3O/c1-12-7-13(2)19(14(3)8-12)22-18(24)11-23(4)17-6-5-15(10-21)9-16(17)20/h5-9H,11H2,1-4H3,(H,22,24). The molecule has 0 unspecified atom stereocenters. The Morgan fingerprint density at radius 2 is 1.83 bits per heavy atom. The molecule has 0 bridgehead atoms. The molecule has 2 aromatic carbocycles. The van der Waals surface area contributed by atoms with Crippen LogP contribution in [0.5, 0.6) is 0 Å². The van der Waals surface area contributed by atoms with Crippen molar-refractivity contribution in [3.63, 3.8) is 0 Å². The Hall–Kier alpha value is -2.32. The summed E-state index contributed by atoms with van der Waals surface area (Å²) in [7, 11) is 1.85. The molecule has 2 aromatic rings. The van der Waals surface area contributed by atoms with Gasteiger partial charge in [-0.25, -0.2) is 0 Å². The van der Waals surface area contributed by atoms with Crippen LogP contribution in [0.25, 0.3) is 0 Å². The Labute approximate surface area is 151 Å². The van der Waals surface area contributed by atoms with E-state index in [-0.39, 0.29) is 12.5 Å². The highest BCUT2D eigenvalue weighted by molar-refractivity contribution is 9.10. The summed E-state index contributed by atoms with van der Waals surface area (Å²) in [5, 5.41) is 11.9. The van der Waals surface area contributed by atoms with Gasteiger partial charge in [-0.1, -0.05) is 17.7 Å². The largest absolute Gasteiger partial charge is 0.364 e. The average molecular weight is 386 g/mol. The molecule has 0 heterocycles. The zero-order chi connectivity index (χ0) is 17.9. The van der Waals surface area contributed by atoms with Gasteiger partial charge < -0.3 is 10.2 Å². The van der Waals surface area contributed by atoms with Crippen molar-refractivity contribution >= 4 is 33.2 Å². The van der Waals surface area contributed by atoms with Crippen molar-refractivity contribution in [2.75, 3.05) is 23.8 Å². The molecule has 4 nitrogen and oxygen atoms in total. The van der Waals surface area contributed by atoms with E-state index in [1.165, 1.54) is 5.56 Å². The lowest BCUT2D eigenvalue weighted by Gasteiger charge is -2.21. The molecule has 0 saturated carbocycles. The lowest BCUT2D eigenvalue weighted by atomic mass is 10.1. The summed E-state index contributed by atoms with van der Waals surface area (Å²) in [6, 6.07) is 11.5. The molecule has 0 aliphatic carbocycles. The maximum atomic E-state index is 12.4. The van der Waals surface area contributed by atoms with Crippen LogP contribution in [0.4, 0.5) is 11.4 Å². The van der Waals surface area contributed by atoms with E-state index in [1.807, 2.05) is 38.8 Å². The van der Waals surface area contributed by atoms with Crippen molar-refractivity contribution in [2.24, 2.45) is 0 Å². The van der Waals surface area contributed by atoms with Gasteiger partial charge in [-0.05, 0) is 66.0 Å². The SMILES string of the molecule is Cc1cc(C)c(NC(=O)CN(C)c2ccc(C#N)cc2Br)c(C)c1. The number of carbonyl (C=O) groups is 1. The second-order valence-electron chi connectivity index (χ2n) is 5.96. The zero-order valence-corrected chi connectivity index (χ0v) is 15.9. The molecule has 0 spiro atoms. The predicted octanol–water partition coefficient (Wildman–Crippen LogP) is 4.32. The van der Waals surface area contributed by atoms with E-state index in [0.717, 1.165) is 27.0 Å². The molecule has 24 heavy (non-hydrogen) atoms. The Bertz CT molecular complexity index is 801. The van der Waals surface area contributed by atoms with Crippen LogP contribution >= 0.6 is 15.9 Å². The van der Waals surface area contributed by atoms with Crippen LogP contribution in [0.3, 0.4) is 0 Å². The number of hydrogen-bond donors (Lipinski definition) is 1. The maximum Gasteiger partial charge on any atom is 0.243 e. The third-order valence-electron chi connectivity index (χ3n) is 3.81. The van der Waals surface area contributed by atoms with E-state index in [1.54, 1.807) is 12.1 Å². The van der Waals surface area contributed by atoms with Crippen molar-refractivity contribution < 1.29 is 4.79 Å². The number of aryl methyl sites for hydroxylation is 3. The molecule has 0 aliphatic rings. The molecular formula is C19H20BrN3O. The molecule has 0 aliphatic heterocycles. The van der Waals surface area contributed by atoms with E-state index in [9.17, 15) is 4.79 Å². The second-order valence-corrected chi connectivity index (χ2v) is 6.81. The number of nitriles is 1. The minimum Gasteiger partial charge on any atom is -0.364 e. The maximum absolute atomic E-state index is 12.4. The molecule has 1 N–H and O–H groups in total. The van der Waals surface area contributed by atoms with Gasteiger partial charge >= 0.3 is 0 Å². The van der Waals surface area contributed by atoms with Crippen molar-refractivity contribution in [1.29, 1.82) is 5.26 Å². The van der Waals surface area contributed by atoms with E-state index in [0.29, 0.717) is 5.56 Å². The fourth-order valence-corrected chi connectivity index (χ4v) is 3.42. The number of carbonyl (C=O) groups excluding carboxylic acids is 1. The van der Waals surface area contributed by atoms with Crippen LogP contribution in [-0.4, -0.2) is 19.5 Å². The summed E-state index contributed by atoms with van der Waals surface area (Å²) in [4.78, 5) is 14.2. The molecule has 0 radical (unpaired) electrons. The molecular weight excluding hydrogens is 366 g/mol. The minimum absolute atomic E-state index is 0.0798. The van der Waals surface area contributed by atoms with E-state index in [4.69, 9.17) is 5.26 Å². The second kappa shape index (κ2) is 7.50. The van der Waals surface area contributed by atoms with E-state index < -0.39 is 0 Å². The number of benzene rings is 2. The number of likely N-dealkylation sites (N-methyl/N-ethyl adjacent to an activating group) is 1. The molecule has 124 valence electrons. The Morgan fingerprint density at radius 1 is 1.21 bits per heavy atom. The average Bonchev–Trinajstić information content (AvgIpc) is 2.50.